The van der Waals surface area contributed by atoms with Crippen LogP contribution < -0.4 is 17.0 Å². The lowest BCUT2D eigenvalue weighted by molar-refractivity contribution is -0.150. The molecule has 8 heteroatoms. The minimum absolute atomic E-state index is 0.0144. The number of carbonyl (C=O) groups excluding carboxylic acids is 1. The molecule has 1 fully saturated rings. The molecule has 2 heterocycles. The summed E-state index contributed by atoms with van der Waals surface area (Å²) in [5.74, 6) is -0.553. The van der Waals surface area contributed by atoms with Crippen molar-refractivity contribution in [3.63, 3.8) is 0 Å². The molecule has 8 nitrogen and oxygen atoms in total. The largest absolute Gasteiger partial charge is 0.466 e. The Morgan fingerprint density at radius 3 is 2.75 bits per heavy atom. The predicted molar refractivity (Wildman–Crippen MR) is 124 cm³/mol. The standard InChI is InChI=1S/C24H28N4O4/c1-2-32-23(30)20-15-27(11-10-18(20)16-6-5-7-17(25)14-16)12-13-28-22(29)19-8-3-4-9-21(19)26-24(28)31/h3-9,14,18,20H,2,10-13,15,25H2,1H3,(H,26,31)/t18-,20-/m0/s1. The zero-order chi connectivity index (χ0) is 22.7. The molecule has 0 amide bonds. The van der Waals surface area contributed by atoms with Gasteiger partial charge in [-0.25, -0.2) is 4.79 Å². The molecule has 1 saturated heterocycles. The summed E-state index contributed by atoms with van der Waals surface area (Å²) >= 11 is 0. The smallest absolute Gasteiger partial charge is 0.328 e. The lowest BCUT2D eigenvalue weighted by Crippen LogP contribution is -2.46. The van der Waals surface area contributed by atoms with E-state index in [4.69, 9.17) is 10.5 Å². The number of fused-ring (bicyclic) bond motifs is 1. The molecule has 4 rings (SSSR count). The molecule has 0 aliphatic carbocycles. The maximum absolute atomic E-state index is 12.8. The Hall–Kier alpha value is -3.39. The number of hydrogen-bond donors (Lipinski definition) is 2. The van der Waals surface area contributed by atoms with Gasteiger partial charge >= 0.3 is 11.7 Å². The number of nitrogens with two attached hydrogens (primary N) is 1. The first kappa shape index (κ1) is 21.8. The molecule has 0 spiro atoms. The minimum Gasteiger partial charge on any atom is -0.466 e. The summed E-state index contributed by atoms with van der Waals surface area (Å²) in [7, 11) is 0. The van der Waals surface area contributed by atoms with Crippen LogP contribution in [0.15, 0.2) is 58.1 Å². The number of H-pyrrole nitrogens is 1. The molecule has 0 radical (unpaired) electrons. The maximum atomic E-state index is 12.8. The predicted octanol–water partition coefficient (Wildman–Crippen LogP) is 1.94. The molecule has 0 bridgehead atoms. The van der Waals surface area contributed by atoms with E-state index in [2.05, 4.69) is 9.88 Å². The van der Waals surface area contributed by atoms with E-state index >= 15 is 0 Å². The number of likely N-dealkylation sites (tertiary alicyclic amines) is 1. The maximum Gasteiger partial charge on any atom is 0.328 e. The first-order valence-corrected chi connectivity index (χ1v) is 10.9. The number of anilines is 1. The van der Waals surface area contributed by atoms with Crippen LogP contribution in [0.1, 0.15) is 24.8 Å². The van der Waals surface area contributed by atoms with E-state index in [0.29, 0.717) is 36.3 Å². The molecule has 168 valence electrons. The van der Waals surface area contributed by atoms with Gasteiger partial charge in [-0.1, -0.05) is 24.3 Å². The zero-order valence-electron chi connectivity index (χ0n) is 18.1. The van der Waals surface area contributed by atoms with Gasteiger partial charge in [0.1, 0.15) is 0 Å². The van der Waals surface area contributed by atoms with Crippen molar-refractivity contribution in [1.82, 2.24) is 14.5 Å². The van der Waals surface area contributed by atoms with E-state index in [9.17, 15) is 14.4 Å². The lowest BCUT2D eigenvalue weighted by atomic mass is 9.80. The second-order valence-electron chi connectivity index (χ2n) is 8.16. The lowest BCUT2D eigenvalue weighted by Gasteiger charge is -2.37. The Morgan fingerprint density at radius 2 is 1.97 bits per heavy atom. The number of aromatic nitrogens is 2. The summed E-state index contributed by atoms with van der Waals surface area (Å²) in [4.78, 5) is 42.9. The Balaban J connectivity index is 1.52. The summed E-state index contributed by atoms with van der Waals surface area (Å²) in [6.07, 6.45) is 0.760. The highest BCUT2D eigenvalue weighted by Crippen LogP contribution is 2.34. The number of hydrogen-bond acceptors (Lipinski definition) is 6. The van der Waals surface area contributed by atoms with E-state index in [0.717, 1.165) is 18.5 Å². The van der Waals surface area contributed by atoms with Crippen molar-refractivity contribution in [2.45, 2.75) is 25.8 Å². The Bertz CT molecular complexity index is 1230. The number of para-hydroxylation sites is 1. The molecule has 0 saturated carbocycles. The van der Waals surface area contributed by atoms with Crippen molar-refractivity contribution in [2.75, 3.05) is 32.0 Å². The third-order valence-corrected chi connectivity index (χ3v) is 6.15. The number of ether oxygens (including phenoxy) is 1. The van der Waals surface area contributed by atoms with Crippen LogP contribution in [-0.4, -0.2) is 46.7 Å². The van der Waals surface area contributed by atoms with Crippen molar-refractivity contribution in [1.29, 1.82) is 0 Å². The van der Waals surface area contributed by atoms with Crippen molar-refractivity contribution < 1.29 is 9.53 Å². The van der Waals surface area contributed by atoms with Gasteiger partial charge in [-0.3, -0.25) is 14.2 Å². The first-order chi connectivity index (χ1) is 15.5. The molecule has 1 aliphatic heterocycles. The molecular formula is C24H28N4O4. The van der Waals surface area contributed by atoms with Crippen LogP contribution in [0.3, 0.4) is 0 Å². The van der Waals surface area contributed by atoms with Crippen molar-refractivity contribution in [3.8, 4) is 0 Å². The van der Waals surface area contributed by atoms with E-state index < -0.39 is 5.69 Å². The van der Waals surface area contributed by atoms with E-state index in [-0.39, 0.29) is 29.9 Å². The van der Waals surface area contributed by atoms with Gasteiger partial charge in [-0.2, -0.15) is 0 Å². The highest BCUT2D eigenvalue weighted by atomic mass is 16.5. The second kappa shape index (κ2) is 9.40. The third-order valence-electron chi connectivity index (χ3n) is 6.15. The highest BCUT2D eigenvalue weighted by Gasteiger charge is 2.36. The number of esters is 1. The summed E-state index contributed by atoms with van der Waals surface area (Å²) in [6, 6.07) is 14.6. The number of nitrogen functional groups attached to an aromatic ring is 1. The Labute approximate surface area is 185 Å². The van der Waals surface area contributed by atoms with Gasteiger partial charge in [0.2, 0.25) is 0 Å². The van der Waals surface area contributed by atoms with Gasteiger partial charge in [0.05, 0.1) is 23.4 Å². The van der Waals surface area contributed by atoms with Gasteiger partial charge < -0.3 is 20.4 Å². The molecule has 3 aromatic rings. The fourth-order valence-electron chi connectivity index (χ4n) is 4.54. The van der Waals surface area contributed by atoms with Gasteiger partial charge in [-0.05, 0) is 55.6 Å². The van der Waals surface area contributed by atoms with Gasteiger partial charge in [0, 0.05) is 25.3 Å². The number of rotatable bonds is 6. The quantitative estimate of drug-likeness (QED) is 0.451. The minimum atomic E-state index is -0.426. The fraction of sp³-hybridized carbons (Fsp3) is 0.375. The number of piperidine rings is 1. The molecule has 1 aliphatic rings. The molecule has 2 atom stereocenters. The van der Waals surface area contributed by atoms with Crippen LogP contribution in [0.5, 0.6) is 0 Å². The average molecular weight is 437 g/mol. The van der Waals surface area contributed by atoms with Gasteiger partial charge in [0.25, 0.3) is 5.56 Å². The van der Waals surface area contributed by atoms with Crippen LogP contribution in [0.4, 0.5) is 5.69 Å². The fourth-order valence-corrected chi connectivity index (χ4v) is 4.54. The average Bonchev–Trinajstić information content (AvgIpc) is 2.79. The number of carbonyl (C=O) groups is 1. The van der Waals surface area contributed by atoms with Crippen molar-refractivity contribution >= 4 is 22.6 Å². The molecule has 2 aromatic carbocycles. The molecular weight excluding hydrogens is 408 g/mol. The van der Waals surface area contributed by atoms with Crippen molar-refractivity contribution in [2.24, 2.45) is 5.92 Å². The Morgan fingerprint density at radius 1 is 1.16 bits per heavy atom. The van der Waals surface area contributed by atoms with Gasteiger partial charge in [-0.15, -0.1) is 0 Å². The SMILES string of the molecule is CCOC(=O)[C@H]1CN(CCn2c(=O)[nH]c3ccccc3c2=O)CC[C@H]1c1cccc(N)c1. The monoisotopic (exact) mass is 436 g/mol. The van der Waals surface area contributed by atoms with Crippen LogP contribution in [0.25, 0.3) is 10.9 Å². The number of aromatic amines is 1. The molecule has 3 N–H and O–H groups in total. The van der Waals surface area contributed by atoms with Crippen LogP contribution >= 0.6 is 0 Å². The summed E-state index contributed by atoms with van der Waals surface area (Å²) in [5, 5.41) is 0.483. The Kier molecular flexibility index (Phi) is 6.41. The normalized spacial score (nSPS) is 19.2. The van der Waals surface area contributed by atoms with E-state index in [1.807, 2.05) is 24.3 Å². The highest BCUT2D eigenvalue weighted by molar-refractivity contribution is 5.77. The molecule has 1 aromatic heterocycles. The number of nitrogens with one attached hydrogen (secondary N) is 1. The summed E-state index contributed by atoms with van der Waals surface area (Å²) in [6.45, 7) is 4.10. The molecule has 0 unspecified atom stereocenters. The third kappa shape index (κ3) is 4.45. The summed E-state index contributed by atoms with van der Waals surface area (Å²) in [5.41, 5.74) is 7.46. The second-order valence-corrected chi connectivity index (χ2v) is 8.16. The first-order valence-electron chi connectivity index (χ1n) is 10.9. The number of nitrogens with zero attached hydrogens (tertiary/aromatic N) is 2. The van der Waals surface area contributed by atoms with Crippen LogP contribution in [0, 0.1) is 5.92 Å². The van der Waals surface area contributed by atoms with E-state index in [1.54, 1.807) is 31.2 Å². The zero-order valence-corrected chi connectivity index (χ0v) is 18.1. The van der Waals surface area contributed by atoms with Gasteiger partial charge in [0.15, 0.2) is 0 Å². The number of benzene rings is 2. The van der Waals surface area contributed by atoms with Crippen molar-refractivity contribution in [3.05, 3.63) is 74.9 Å². The van der Waals surface area contributed by atoms with E-state index in [1.165, 1.54) is 4.57 Å². The van der Waals surface area contributed by atoms with Crippen LogP contribution in [-0.2, 0) is 16.1 Å². The molecule has 32 heavy (non-hydrogen) atoms. The van der Waals surface area contributed by atoms with Crippen LogP contribution in [0.2, 0.25) is 0 Å². The summed E-state index contributed by atoms with van der Waals surface area (Å²) < 4.78 is 6.58. The topological polar surface area (TPSA) is 110 Å².